The van der Waals surface area contributed by atoms with Gasteiger partial charge in [0.05, 0.1) is 19.1 Å². The third-order valence-corrected chi connectivity index (χ3v) is 5.19. The Hall–Kier alpha value is -3.74. The fraction of sp³-hybridized carbons (Fsp3) is 0.217. The molecule has 1 aliphatic heterocycles. The number of hydrogen-bond acceptors (Lipinski definition) is 5. The zero-order chi connectivity index (χ0) is 20.9. The van der Waals surface area contributed by atoms with E-state index in [1.54, 1.807) is 30.5 Å². The highest BCUT2D eigenvalue weighted by Gasteiger charge is 2.29. The van der Waals surface area contributed by atoms with Gasteiger partial charge in [-0.1, -0.05) is 30.3 Å². The van der Waals surface area contributed by atoms with Gasteiger partial charge in [0.2, 0.25) is 0 Å². The predicted molar refractivity (Wildman–Crippen MR) is 114 cm³/mol. The van der Waals surface area contributed by atoms with Gasteiger partial charge < -0.3 is 24.7 Å². The summed E-state index contributed by atoms with van der Waals surface area (Å²) in [7, 11) is 1.51. The molecule has 30 heavy (non-hydrogen) atoms. The van der Waals surface area contributed by atoms with Crippen LogP contribution in [-0.4, -0.2) is 32.0 Å². The van der Waals surface area contributed by atoms with Gasteiger partial charge >= 0.3 is 11.8 Å². The Morgan fingerprint density at radius 2 is 1.87 bits per heavy atom. The molecular formula is C23H23N3O4. The number of carbonyl (C=O) groups is 2. The molecule has 7 nitrogen and oxygen atoms in total. The lowest BCUT2D eigenvalue weighted by Gasteiger charge is -2.29. The van der Waals surface area contributed by atoms with E-state index >= 15 is 0 Å². The van der Waals surface area contributed by atoms with Gasteiger partial charge in [-0.2, -0.15) is 0 Å². The van der Waals surface area contributed by atoms with E-state index in [9.17, 15) is 9.59 Å². The molecule has 1 atom stereocenters. The lowest BCUT2D eigenvalue weighted by atomic mass is 10.1. The Balaban J connectivity index is 1.45. The van der Waals surface area contributed by atoms with Crippen LogP contribution in [0.25, 0.3) is 0 Å². The normalized spacial score (nSPS) is 13.4. The molecule has 0 unspecified atom stereocenters. The number of carbonyl (C=O) groups excluding carboxylic acids is 2. The van der Waals surface area contributed by atoms with Gasteiger partial charge in [-0.25, -0.2) is 0 Å². The molecule has 0 fully saturated rings. The number of rotatable bonds is 6. The van der Waals surface area contributed by atoms with Gasteiger partial charge in [0.25, 0.3) is 0 Å². The lowest BCUT2D eigenvalue weighted by Crippen LogP contribution is -2.41. The van der Waals surface area contributed by atoms with E-state index in [0.717, 1.165) is 24.4 Å². The van der Waals surface area contributed by atoms with E-state index in [-0.39, 0.29) is 12.6 Å². The van der Waals surface area contributed by atoms with Crippen LogP contribution in [-0.2, 0) is 16.0 Å². The number of benzene rings is 2. The SMILES string of the molecule is COc1ccccc1NC(=O)C(=O)NC[C@@H](c1ccco1)N1CCc2ccccc21. The standard InChI is InChI=1S/C23H23N3O4/c1-29-20-10-5-3-8-17(20)25-23(28)22(27)24-15-19(21-11-6-14-30-21)26-13-12-16-7-2-4-9-18(16)26/h2-11,14,19H,12-13,15H2,1H3,(H,24,27)(H,25,28)/t19-/m0/s1. The summed E-state index contributed by atoms with van der Waals surface area (Å²) in [5, 5.41) is 5.33. The Morgan fingerprint density at radius 3 is 2.67 bits per heavy atom. The van der Waals surface area contributed by atoms with E-state index < -0.39 is 11.8 Å². The zero-order valence-corrected chi connectivity index (χ0v) is 16.6. The molecule has 0 radical (unpaired) electrons. The number of hydrogen-bond donors (Lipinski definition) is 2. The minimum atomic E-state index is -0.750. The molecule has 4 rings (SSSR count). The van der Waals surface area contributed by atoms with Crippen LogP contribution >= 0.6 is 0 Å². The highest BCUT2D eigenvalue weighted by Crippen LogP contribution is 2.35. The van der Waals surface area contributed by atoms with Crippen molar-refractivity contribution in [3.05, 3.63) is 78.3 Å². The number of methoxy groups -OCH3 is 1. The first-order chi connectivity index (χ1) is 14.7. The second-order valence-electron chi connectivity index (χ2n) is 6.97. The smallest absolute Gasteiger partial charge is 0.313 e. The molecule has 1 aliphatic rings. The number of anilines is 2. The summed E-state index contributed by atoms with van der Waals surface area (Å²) in [5.74, 6) is -0.248. The molecule has 3 aromatic rings. The van der Waals surface area contributed by atoms with Crippen LogP contribution in [0.5, 0.6) is 5.75 Å². The average molecular weight is 405 g/mol. The van der Waals surface area contributed by atoms with Crippen molar-refractivity contribution in [1.82, 2.24) is 5.32 Å². The minimum absolute atomic E-state index is 0.216. The summed E-state index contributed by atoms with van der Waals surface area (Å²) in [6.07, 6.45) is 2.54. The number of para-hydroxylation sites is 3. The molecule has 2 heterocycles. The summed E-state index contributed by atoms with van der Waals surface area (Å²) in [4.78, 5) is 27.1. The van der Waals surface area contributed by atoms with Crippen molar-refractivity contribution in [1.29, 1.82) is 0 Å². The van der Waals surface area contributed by atoms with Gasteiger partial charge in [0.15, 0.2) is 0 Å². The molecule has 2 aromatic carbocycles. The highest BCUT2D eigenvalue weighted by molar-refractivity contribution is 6.39. The van der Waals surface area contributed by atoms with Gasteiger partial charge in [-0.05, 0) is 42.3 Å². The molecule has 154 valence electrons. The third kappa shape index (κ3) is 4.00. The van der Waals surface area contributed by atoms with Crippen LogP contribution in [0, 0.1) is 0 Å². The second kappa shape index (κ2) is 8.73. The van der Waals surface area contributed by atoms with Crippen molar-refractivity contribution in [2.75, 3.05) is 30.4 Å². The second-order valence-corrected chi connectivity index (χ2v) is 6.97. The molecule has 0 spiro atoms. The molecule has 2 N–H and O–H groups in total. The monoisotopic (exact) mass is 405 g/mol. The van der Waals surface area contributed by atoms with Gasteiger partial charge in [0.1, 0.15) is 17.6 Å². The van der Waals surface area contributed by atoms with E-state index in [1.807, 2.05) is 24.3 Å². The topological polar surface area (TPSA) is 83.8 Å². The van der Waals surface area contributed by atoms with Crippen LogP contribution in [0.2, 0.25) is 0 Å². The van der Waals surface area contributed by atoms with E-state index in [2.05, 4.69) is 27.7 Å². The van der Waals surface area contributed by atoms with Gasteiger partial charge in [-0.3, -0.25) is 9.59 Å². The van der Waals surface area contributed by atoms with E-state index in [4.69, 9.17) is 9.15 Å². The maximum atomic E-state index is 12.5. The van der Waals surface area contributed by atoms with E-state index in [1.165, 1.54) is 12.7 Å². The van der Waals surface area contributed by atoms with Gasteiger partial charge in [0, 0.05) is 18.8 Å². The van der Waals surface area contributed by atoms with E-state index in [0.29, 0.717) is 11.4 Å². The van der Waals surface area contributed by atoms with Crippen molar-refractivity contribution in [3.63, 3.8) is 0 Å². The molecular weight excluding hydrogens is 382 g/mol. The lowest BCUT2D eigenvalue weighted by molar-refractivity contribution is -0.136. The fourth-order valence-electron chi connectivity index (χ4n) is 3.73. The van der Waals surface area contributed by atoms with Crippen LogP contribution in [0.15, 0.2) is 71.3 Å². The Bertz CT molecular complexity index is 1030. The van der Waals surface area contributed by atoms with Crippen LogP contribution in [0.4, 0.5) is 11.4 Å². The van der Waals surface area contributed by atoms with Crippen molar-refractivity contribution in [2.45, 2.75) is 12.5 Å². The van der Waals surface area contributed by atoms with Crippen LogP contribution < -0.4 is 20.3 Å². The summed E-state index contributed by atoms with van der Waals surface area (Å²) in [6.45, 7) is 1.05. The quantitative estimate of drug-likeness (QED) is 0.616. The number of nitrogens with zero attached hydrogens (tertiary/aromatic N) is 1. The first-order valence-electron chi connectivity index (χ1n) is 9.77. The molecule has 7 heteroatoms. The molecule has 0 saturated heterocycles. The fourth-order valence-corrected chi connectivity index (χ4v) is 3.73. The van der Waals surface area contributed by atoms with Crippen LogP contribution in [0.1, 0.15) is 17.4 Å². The minimum Gasteiger partial charge on any atom is -0.495 e. The largest absolute Gasteiger partial charge is 0.495 e. The number of furan rings is 1. The van der Waals surface area contributed by atoms with Gasteiger partial charge in [-0.15, -0.1) is 0 Å². The maximum absolute atomic E-state index is 12.5. The summed E-state index contributed by atoms with van der Waals surface area (Å²) in [6, 6.07) is 18.6. The number of fused-ring (bicyclic) bond motifs is 1. The number of amides is 2. The molecule has 1 aromatic heterocycles. The molecule has 0 aliphatic carbocycles. The van der Waals surface area contributed by atoms with Crippen molar-refractivity contribution >= 4 is 23.2 Å². The molecule has 0 saturated carbocycles. The Morgan fingerprint density at radius 1 is 1.07 bits per heavy atom. The number of ether oxygens (including phenoxy) is 1. The highest BCUT2D eigenvalue weighted by atomic mass is 16.5. The summed E-state index contributed by atoms with van der Waals surface area (Å²) in [5.41, 5.74) is 2.82. The maximum Gasteiger partial charge on any atom is 0.313 e. The first-order valence-corrected chi connectivity index (χ1v) is 9.77. The molecule has 0 bridgehead atoms. The van der Waals surface area contributed by atoms with Crippen molar-refractivity contribution in [2.24, 2.45) is 0 Å². The van der Waals surface area contributed by atoms with Crippen LogP contribution in [0.3, 0.4) is 0 Å². The zero-order valence-electron chi connectivity index (χ0n) is 16.6. The summed E-state index contributed by atoms with van der Waals surface area (Å²) < 4.78 is 10.8. The first kappa shape index (κ1) is 19.6. The third-order valence-electron chi connectivity index (χ3n) is 5.19. The summed E-state index contributed by atoms with van der Waals surface area (Å²) >= 11 is 0. The Kier molecular flexibility index (Phi) is 5.70. The van der Waals surface area contributed by atoms with Crippen molar-refractivity contribution < 1.29 is 18.7 Å². The molecule has 2 amide bonds. The predicted octanol–water partition coefficient (Wildman–Crippen LogP) is 3.15. The number of nitrogens with one attached hydrogen (secondary N) is 2. The van der Waals surface area contributed by atoms with Crippen molar-refractivity contribution in [3.8, 4) is 5.75 Å². The average Bonchev–Trinajstić information content (AvgIpc) is 3.45. The Labute approximate surface area is 174 Å².